The summed E-state index contributed by atoms with van der Waals surface area (Å²) in [6.07, 6.45) is 1.68. The smallest absolute Gasteiger partial charge is 0.230 e. The van der Waals surface area contributed by atoms with Gasteiger partial charge in [0.2, 0.25) is 5.91 Å². The normalized spacial score (nSPS) is 30.4. The molecule has 2 rings (SSSR count). The second kappa shape index (κ2) is 5.47. The van der Waals surface area contributed by atoms with E-state index in [2.05, 4.69) is 10.3 Å². The summed E-state index contributed by atoms with van der Waals surface area (Å²) < 4.78 is 5.69. The van der Waals surface area contributed by atoms with Crippen molar-refractivity contribution in [1.82, 2.24) is 4.98 Å². The van der Waals surface area contributed by atoms with E-state index in [0.29, 0.717) is 10.8 Å². The van der Waals surface area contributed by atoms with E-state index in [4.69, 9.17) is 16.3 Å². The summed E-state index contributed by atoms with van der Waals surface area (Å²) in [5.41, 5.74) is 1.52. The zero-order chi connectivity index (χ0) is 14.2. The van der Waals surface area contributed by atoms with Gasteiger partial charge in [-0.25, -0.2) is 4.98 Å². The molecule has 0 spiro atoms. The van der Waals surface area contributed by atoms with E-state index in [1.54, 1.807) is 6.20 Å². The van der Waals surface area contributed by atoms with E-state index in [1.807, 2.05) is 33.8 Å². The summed E-state index contributed by atoms with van der Waals surface area (Å²) >= 11 is 5.99. The minimum absolute atomic E-state index is 0.0568. The van der Waals surface area contributed by atoms with Crippen molar-refractivity contribution in [1.29, 1.82) is 0 Å². The monoisotopic (exact) mass is 282 g/mol. The molecule has 1 saturated heterocycles. The zero-order valence-corrected chi connectivity index (χ0v) is 12.4. The Balaban J connectivity index is 2.15. The molecule has 2 heterocycles. The van der Waals surface area contributed by atoms with Crippen molar-refractivity contribution in [3.63, 3.8) is 0 Å². The molecule has 4 atom stereocenters. The highest BCUT2D eigenvalue weighted by Gasteiger charge is 2.41. The predicted octanol–water partition coefficient (Wildman–Crippen LogP) is 3.04. The van der Waals surface area contributed by atoms with Gasteiger partial charge in [0.1, 0.15) is 0 Å². The van der Waals surface area contributed by atoms with Crippen molar-refractivity contribution in [2.45, 2.75) is 39.9 Å². The molecule has 1 aliphatic heterocycles. The molecule has 4 unspecified atom stereocenters. The van der Waals surface area contributed by atoms with Crippen LogP contribution in [0.3, 0.4) is 0 Å². The van der Waals surface area contributed by atoms with Gasteiger partial charge in [-0.15, -0.1) is 0 Å². The van der Waals surface area contributed by atoms with E-state index >= 15 is 0 Å². The van der Waals surface area contributed by atoms with E-state index in [-0.39, 0.29) is 30.0 Å². The lowest BCUT2D eigenvalue weighted by molar-refractivity contribution is -0.121. The van der Waals surface area contributed by atoms with Crippen molar-refractivity contribution in [3.8, 4) is 0 Å². The molecule has 0 radical (unpaired) electrons. The third-order valence-corrected chi connectivity index (χ3v) is 4.08. The Labute approximate surface area is 118 Å². The highest BCUT2D eigenvalue weighted by molar-refractivity contribution is 6.32. The second-order valence-electron chi connectivity index (χ2n) is 5.27. The maximum absolute atomic E-state index is 12.4. The van der Waals surface area contributed by atoms with Crippen LogP contribution in [0.1, 0.15) is 26.3 Å². The van der Waals surface area contributed by atoms with Crippen molar-refractivity contribution >= 4 is 23.2 Å². The zero-order valence-electron chi connectivity index (χ0n) is 11.6. The van der Waals surface area contributed by atoms with Crippen LogP contribution in [0, 0.1) is 18.8 Å². The van der Waals surface area contributed by atoms with Gasteiger partial charge in [0, 0.05) is 6.20 Å². The molecule has 1 N–H and O–H groups in total. The first-order valence-electron chi connectivity index (χ1n) is 6.48. The number of rotatable bonds is 2. The molecule has 104 valence electrons. The van der Waals surface area contributed by atoms with Gasteiger partial charge >= 0.3 is 0 Å². The molecule has 0 aromatic carbocycles. The van der Waals surface area contributed by atoms with Crippen LogP contribution < -0.4 is 5.32 Å². The fourth-order valence-corrected chi connectivity index (χ4v) is 2.73. The number of aromatic nitrogens is 1. The summed E-state index contributed by atoms with van der Waals surface area (Å²) in [5.74, 6) is -0.0308. The third kappa shape index (κ3) is 2.90. The van der Waals surface area contributed by atoms with Crippen molar-refractivity contribution in [3.05, 3.63) is 23.0 Å². The second-order valence-corrected chi connectivity index (χ2v) is 5.63. The van der Waals surface area contributed by atoms with Gasteiger partial charge in [-0.2, -0.15) is 0 Å². The Kier molecular flexibility index (Phi) is 4.11. The number of halogens is 1. The maximum atomic E-state index is 12.4. The van der Waals surface area contributed by atoms with Crippen LogP contribution in [0.15, 0.2) is 12.3 Å². The quantitative estimate of drug-likeness (QED) is 0.848. The van der Waals surface area contributed by atoms with Crippen molar-refractivity contribution in [2.75, 3.05) is 5.32 Å². The molecule has 4 nitrogen and oxygen atoms in total. The molecular formula is C14H19ClN2O2. The summed E-state index contributed by atoms with van der Waals surface area (Å²) in [6, 6.07) is 1.82. The average molecular weight is 283 g/mol. The lowest BCUT2D eigenvalue weighted by Crippen LogP contribution is -2.32. The number of carbonyl (C=O) groups excluding carboxylic acids is 1. The standard InChI is InChI=1S/C14H19ClN2O2/c1-7-5-11(13(15)16-6-7)17-14(18)12-8(2)9(3)19-10(12)4/h5-6,8-10,12H,1-4H3,(H,17,18). The number of pyridine rings is 1. The molecule has 1 fully saturated rings. The molecule has 0 bridgehead atoms. The highest BCUT2D eigenvalue weighted by atomic mass is 35.5. The molecule has 0 saturated carbocycles. The van der Waals surface area contributed by atoms with Crippen LogP contribution in [0.25, 0.3) is 0 Å². The van der Waals surface area contributed by atoms with Gasteiger partial charge in [-0.3, -0.25) is 4.79 Å². The van der Waals surface area contributed by atoms with E-state index in [1.165, 1.54) is 0 Å². The van der Waals surface area contributed by atoms with Crippen LogP contribution in [-0.2, 0) is 9.53 Å². The van der Waals surface area contributed by atoms with Gasteiger partial charge in [0.15, 0.2) is 5.15 Å². The van der Waals surface area contributed by atoms with E-state index in [0.717, 1.165) is 5.56 Å². The van der Waals surface area contributed by atoms with Crippen LogP contribution in [-0.4, -0.2) is 23.1 Å². The van der Waals surface area contributed by atoms with Gasteiger partial charge < -0.3 is 10.1 Å². The number of hydrogen-bond donors (Lipinski definition) is 1. The topological polar surface area (TPSA) is 51.2 Å². The van der Waals surface area contributed by atoms with Gasteiger partial charge in [0.25, 0.3) is 0 Å². The van der Waals surface area contributed by atoms with Gasteiger partial charge in [-0.1, -0.05) is 18.5 Å². The number of nitrogens with zero attached hydrogens (tertiary/aromatic N) is 1. The Morgan fingerprint density at radius 3 is 2.63 bits per heavy atom. The largest absolute Gasteiger partial charge is 0.374 e. The minimum atomic E-state index is -0.161. The molecule has 5 heteroatoms. The van der Waals surface area contributed by atoms with E-state index in [9.17, 15) is 4.79 Å². The van der Waals surface area contributed by atoms with Gasteiger partial charge in [0.05, 0.1) is 23.8 Å². The van der Waals surface area contributed by atoms with Crippen molar-refractivity contribution in [2.24, 2.45) is 11.8 Å². The van der Waals surface area contributed by atoms with Crippen molar-refractivity contribution < 1.29 is 9.53 Å². The number of carbonyl (C=O) groups is 1. The third-order valence-electron chi connectivity index (χ3n) is 3.78. The molecule has 19 heavy (non-hydrogen) atoms. The molecule has 1 aliphatic rings. The first-order valence-corrected chi connectivity index (χ1v) is 6.86. The number of ether oxygens (including phenoxy) is 1. The van der Waals surface area contributed by atoms with Crippen LogP contribution >= 0.6 is 11.6 Å². The van der Waals surface area contributed by atoms with Gasteiger partial charge in [-0.05, 0) is 38.3 Å². The Morgan fingerprint density at radius 2 is 2.05 bits per heavy atom. The lowest BCUT2D eigenvalue weighted by atomic mass is 9.89. The maximum Gasteiger partial charge on any atom is 0.230 e. The molecule has 0 aliphatic carbocycles. The number of anilines is 1. The Bertz CT molecular complexity index is 492. The fraction of sp³-hybridized carbons (Fsp3) is 0.571. The summed E-state index contributed by atoms with van der Waals surface area (Å²) in [4.78, 5) is 16.4. The summed E-state index contributed by atoms with van der Waals surface area (Å²) in [7, 11) is 0. The molecular weight excluding hydrogens is 264 g/mol. The number of hydrogen-bond acceptors (Lipinski definition) is 3. The predicted molar refractivity (Wildman–Crippen MR) is 75.3 cm³/mol. The first-order chi connectivity index (χ1) is 8.90. The molecule has 1 aromatic heterocycles. The molecule has 1 aromatic rings. The number of nitrogens with one attached hydrogen (secondary N) is 1. The van der Waals surface area contributed by atoms with E-state index < -0.39 is 0 Å². The Hall–Kier alpha value is -1.13. The number of amides is 1. The first kappa shape index (κ1) is 14.3. The minimum Gasteiger partial charge on any atom is -0.374 e. The lowest BCUT2D eigenvalue weighted by Gasteiger charge is -2.18. The van der Waals surface area contributed by atoms with Crippen LogP contribution in [0.4, 0.5) is 5.69 Å². The highest BCUT2D eigenvalue weighted by Crippen LogP contribution is 2.33. The van der Waals surface area contributed by atoms with Crippen LogP contribution in [0.2, 0.25) is 5.15 Å². The summed E-state index contributed by atoms with van der Waals surface area (Å²) in [5, 5.41) is 3.17. The van der Waals surface area contributed by atoms with Crippen LogP contribution in [0.5, 0.6) is 0 Å². The molecule has 1 amide bonds. The average Bonchev–Trinajstić information content (AvgIpc) is 2.58. The number of aryl methyl sites for hydroxylation is 1. The SMILES string of the molecule is Cc1cnc(Cl)c(NC(=O)C2C(C)OC(C)C2C)c1. The Morgan fingerprint density at radius 1 is 1.37 bits per heavy atom. The summed E-state index contributed by atoms with van der Waals surface area (Å²) in [6.45, 7) is 7.87. The fourth-order valence-electron chi connectivity index (χ4n) is 2.57.